The van der Waals surface area contributed by atoms with E-state index >= 15 is 0 Å². The van der Waals surface area contributed by atoms with Crippen molar-refractivity contribution in [1.82, 2.24) is 4.57 Å². The second-order valence-corrected chi connectivity index (χ2v) is 3.30. The molecule has 5 nitrogen and oxygen atoms in total. The number of aromatic hydroxyl groups is 1. The van der Waals surface area contributed by atoms with Crippen molar-refractivity contribution in [2.75, 3.05) is 0 Å². The topological polar surface area (TPSA) is 79.5 Å². The molecule has 0 amide bonds. The normalized spacial score (nSPS) is 10.1. The zero-order chi connectivity index (χ0) is 12.5. The van der Waals surface area contributed by atoms with Crippen LogP contribution in [0.2, 0.25) is 0 Å². The summed E-state index contributed by atoms with van der Waals surface area (Å²) in [4.78, 5) is 22.8. The van der Waals surface area contributed by atoms with Crippen LogP contribution in [0.1, 0.15) is 28.4 Å². The average molecular weight is 223 g/mol. The van der Waals surface area contributed by atoms with Gasteiger partial charge in [-0.2, -0.15) is 0 Å². The molecule has 16 heavy (non-hydrogen) atoms. The smallest absolute Gasteiger partial charge is 0.341 e. The second kappa shape index (κ2) is 4.22. The van der Waals surface area contributed by atoms with Crippen LogP contribution in [-0.2, 0) is 6.54 Å². The predicted octanol–water partition coefficient (Wildman–Crippen LogP) is 1.22. The molecule has 0 bridgehead atoms. The van der Waals surface area contributed by atoms with E-state index in [0.29, 0.717) is 0 Å². The van der Waals surface area contributed by atoms with E-state index in [-0.39, 0.29) is 23.2 Å². The third kappa shape index (κ3) is 1.60. The molecule has 1 aromatic rings. The average Bonchev–Trinajstić information content (AvgIpc) is 2.18. The molecule has 1 aromatic heterocycles. The Morgan fingerprint density at radius 2 is 2.12 bits per heavy atom. The van der Waals surface area contributed by atoms with Gasteiger partial charge in [0.2, 0.25) is 5.88 Å². The van der Waals surface area contributed by atoms with Crippen LogP contribution in [-0.4, -0.2) is 20.7 Å². The highest BCUT2D eigenvalue weighted by Gasteiger charge is 2.21. The molecule has 0 atom stereocenters. The molecule has 0 unspecified atom stereocenters. The minimum absolute atomic E-state index is 0.200. The van der Waals surface area contributed by atoms with Gasteiger partial charge >= 0.3 is 5.97 Å². The van der Waals surface area contributed by atoms with Gasteiger partial charge in [-0.05, 0) is 19.4 Å². The lowest BCUT2D eigenvalue weighted by atomic mass is 10.0. The largest absolute Gasteiger partial charge is 0.494 e. The maximum absolute atomic E-state index is 11.8. The lowest BCUT2D eigenvalue weighted by Crippen LogP contribution is -2.25. The number of hydrogen-bond donors (Lipinski definition) is 2. The third-order valence-corrected chi connectivity index (χ3v) is 2.47. The van der Waals surface area contributed by atoms with Crippen molar-refractivity contribution in [2.24, 2.45) is 0 Å². The summed E-state index contributed by atoms with van der Waals surface area (Å²) in [7, 11) is 0. The first-order valence-corrected chi connectivity index (χ1v) is 4.77. The number of pyridine rings is 1. The van der Waals surface area contributed by atoms with Gasteiger partial charge in [-0.3, -0.25) is 9.36 Å². The van der Waals surface area contributed by atoms with Crippen molar-refractivity contribution in [3.8, 4) is 5.88 Å². The highest BCUT2D eigenvalue weighted by atomic mass is 16.4. The number of rotatable bonds is 3. The van der Waals surface area contributed by atoms with E-state index in [9.17, 15) is 14.7 Å². The van der Waals surface area contributed by atoms with Crippen molar-refractivity contribution in [3.05, 3.63) is 33.6 Å². The van der Waals surface area contributed by atoms with E-state index in [2.05, 4.69) is 6.58 Å². The van der Waals surface area contributed by atoms with Gasteiger partial charge in [0.25, 0.3) is 5.56 Å². The molecule has 1 rings (SSSR count). The van der Waals surface area contributed by atoms with Gasteiger partial charge in [0.1, 0.15) is 5.56 Å². The van der Waals surface area contributed by atoms with Crippen LogP contribution in [0.15, 0.2) is 11.4 Å². The number of nitrogens with zero attached hydrogens (tertiary/aromatic N) is 1. The first kappa shape index (κ1) is 12.0. The number of carboxylic acid groups (broad SMARTS) is 1. The Kier molecular flexibility index (Phi) is 3.17. The Hall–Kier alpha value is -2.04. The standard InChI is InChI=1S/C11H13NO4/c1-4-7-6(3)8(11(15)16)10(14)12(5-2)9(7)13/h4,14H,1,5H2,2-3H3,(H,15,16). The zero-order valence-corrected chi connectivity index (χ0v) is 9.15. The molecule has 2 N–H and O–H groups in total. The molecule has 1 heterocycles. The van der Waals surface area contributed by atoms with Crippen molar-refractivity contribution in [1.29, 1.82) is 0 Å². The van der Waals surface area contributed by atoms with Crippen molar-refractivity contribution >= 4 is 12.0 Å². The fourth-order valence-corrected chi connectivity index (χ4v) is 1.63. The third-order valence-electron chi connectivity index (χ3n) is 2.47. The summed E-state index contributed by atoms with van der Waals surface area (Å²) >= 11 is 0. The summed E-state index contributed by atoms with van der Waals surface area (Å²) in [5, 5.41) is 18.7. The first-order valence-electron chi connectivity index (χ1n) is 4.77. The number of hydrogen-bond acceptors (Lipinski definition) is 3. The summed E-state index contributed by atoms with van der Waals surface area (Å²) in [6, 6.07) is 0. The molecule has 0 aliphatic rings. The Balaban J connectivity index is 3.84. The molecule has 0 aliphatic heterocycles. The minimum Gasteiger partial charge on any atom is -0.494 e. The van der Waals surface area contributed by atoms with Crippen molar-refractivity contribution in [2.45, 2.75) is 20.4 Å². The Labute approximate surface area is 92.3 Å². The fourth-order valence-electron chi connectivity index (χ4n) is 1.63. The monoisotopic (exact) mass is 223 g/mol. The van der Waals surface area contributed by atoms with Crippen LogP contribution >= 0.6 is 0 Å². The molecule has 0 spiro atoms. The Morgan fingerprint density at radius 3 is 2.50 bits per heavy atom. The molecule has 0 fully saturated rings. The highest BCUT2D eigenvalue weighted by molar-refractivity contribution is 5.92. The molecule has 0 radical (unpaired) electrons. The molecule has 5 heteroatoms. The second-order valence-electron chi connectivity index (χ2n) is 3.30. The number of carbonyl (C=O) groups is 1. The summed E-state index contributed by atoms with van der Waals surface area (Å²) in [6.45, 7) is 6.79. The van der Waals surface area contributed by atoms with Gasteiger partial charge in [-0.1, -0.05) is 12.7 Å². The van der Waals surface area contributed by atoms with Crippen LogP contribution in [0.3, 0.4) is 0 Å². The van der Waals surface area contributed by atoms with E-state index in [1.54, 1.807) is 6.92 Å². The van der Waals surface area contributed by atoms with E-state index in [1.807, 2.05) is 0 Å². The molecule has 0 aromatic carbocycles. The number of aromatic carboxylic acids is 1. The first-order chi connectivity index (χ1) is 7.45. The summed E-state index contributed by atoms with van der Waals surface area (Å²) in [5.41, 5.74) is -0.249. The van der Waals surface area contributed by atoms with Crippen LogP contribution in [0.4, 0.5) is 0 Å². The number of carboxylic acids is 1. The molecule has 0 aliphatic carbocycles. The van der Waals surface area contributed by atoms with Gasteiger partial charge in [0.05, 0.1) is 0 Å². The van der Waals surface area contributed by atoms with Crippen LogP contribution < -0.4 is 5.56 Å². The molecular weight excluding hydrogens is 210 g/mol. The molecular formula is C11H13NO4. The van der Waals surface area contributed by atoms with E-state index in [1.165, 1.54) is 13.0 Å². The lowest BCUT2D eigenvalue weighted by molar-refractivity contribution is 0.0691. The minimum atomic E-state index is -1.26. The van der Waals surface area contributed by atoms with E-state index in [4.69, 9.17) is 5.11 Å². The van der Waals surface area contributed by atoms with Gasteiger partial charge < -0.3 is 10.2 Å². The maximum atomic E-state index is 11.8. The van der Waals surface area contributed by atoms with Gasteiger partial charge in [-0.25, -0.2) is 4.79 Å². The highest BCUT2D eigenvalue weighted by Crippen LogP contribution is 2.21. The zero-order valence-electron chi connectivity index (χ0n) is 9.15. The Bertz CT molecular complexity index is 514. The van der Waals surface area contributed by atoms with E-state index in [0.717, 1.165) is 4.57 Å². The van der Waals surface area contributed by atoms with Gasteiger partial charge in [0.15, 0.2) is 0 Å². The van der Waals surface area contributed by atoms with Crippen molar-refractivity contribution in [3.63, 3.8) is 0 Å². The summed E-state index contributed by atoms with van der Waals surface area (Å²) < 4.78 is 1.01. The predicted molar refractivity (Wildman–Crippen MR) is 59.8 cm³/mol. The molecule has 0 saturated heterocycles. The Morgan fingerprint density at radius 1 is 1.56 bits per heavy atom. The SMILES string of the molecule is C=Cc1c(C)c(C(=O)O)c(O)n(CC)c1=O. The fraction of sp³-hybridized carbons (Fsp3) is 0.273. The molecule has 86 valence electrons. The summed E-state index contributed by atoms with van der Waals surface area (Å²) in [6.07, 6.45) is 1.30. The van der Waals surface area contributed by atoms with Crippen LogP contribution in [0, 0.1) is 6.92 Å². The maximum Gasteiger partial charge on any atom is 0.341 e. The van der Waals surface area contributed by atoms with Crippen molar-refractivity contribution < 1.29 is 15.0 Å². The van der Waals surface area contributed by atoms with Crippen LogP contribution in [0.5, 0.6) is 5.88 Å². The number of aromatic nitrogens is 1. The van der Waals surface area contributed by atoms with Gasteiger partial charge in [0, 0.05) is 12.1 Å². The van der Waals surface area contributed by atoms with Crippen LogP contribution in [0.25, 0.3) is 6.08 Å². The quantitative estimate of drug-likeness (QED) is 0.807. The van der Waals surface area contributed by atoms with Gasteiger partial charge in [-0.15, -0.1) is 0 Å². The lowest BCUT2D eigenvalue weighted by Gasteiger charge is -2.13. The summed E-state index contributed by atoms with van der Waals surface area (Å²) in [5.74, 6) is -1.77. The molecule has 0 saturated carbocycles. The van der Waals surface area contributed by atoms with E-state index < -0.39 is 17.4 Å².